The molecule has 27 heavy (non-hydrogen) atoms. The highest BCUT2D eigenvalue weighted by Crippen LogP contribution is 2.27. The highest BCUT2D eigenvalue weighted by molar-refractivity contribution is 6.09. The first-order valence-electron chi connectivity index (χ1n) is 8.93. The first-order chi connectivity index (χ1) is 13.2. The van der Waals surface area contributed by atoms with Crippen LogP contribution < -0.4 is 9.64 Å². The van der Waals surface area contributed by atoms with Crippen LogP contribution in [0.3, 0.4) is 0 Å². The molecule has 1 amide bonds. The third-order valence-electron chi connectivity index (χ3n) is 4.68. The minimum Gasteiger partial charge on any atom is -0.484 e. The molecule has 0 saturated carbocycles. The molecule has 3 aromatic carbocycles. The molecular formula is C23H19NO3. The number of Topliss-reactive ketones (excluding diaryl/α,β-unsaturated/α-hetero) is 1. The predicted molar refractivity (Wildman–Crippen MR) is 105 cm³/mol. The zero-order valence-electron chi connectivity index (χ0n) is 14.8. The van der Waals surface area contributed by atoms with Crippen molar-refractivity contribution in [3.05, 3.63) is 84.4 Å². The fraction of sp³-hybridized carbons (Fsp3) is 0.130. The smallest absolute Gasteiger partial charge is 0.264 e. The van der Waals surface area contributed by atoms with E-state index < -0.39 is 0 Å². The number of fused-ring (bicyclic) bond motifs is 1. The van der Waals surface area contributed by atoms with Crippen LogP contribution in [0.1, 0.15) is 16.8 Å². The number of carbonyl (C=O) groups is 2. The molecule has 4 nitrogen and oxygen atoms in total. The summed E-state index contributed by atoms with van der Waals surface area (Å²) in [5.41, 5.74) is 3.50. The molecule has 0 unspecified atom stereocenters. The van der Waals surface area contributed by atoms with Crippen LogP contribution in [-0.4, -0.2) is 24.8 Å². The van der Waals surface area contributed by atoms with E-state index in [1.54, 1.807) is 17.0 Å². The monoisotopic (exact) mass is 357 g/mol. The van der Waals surface area contributed by atoms with Crippen molar-refractivity contribution in [3.63, 3.8) is 0 Å². The van der Waals surface area contributed by atoms with Gasteiger partial charge in [0.05, 0.1) is 5.69 Å². The van der Waals surface area contributed by atoms with Crippen LogP contribution in [0.2, 0.25) is 0 Å². The SMILES string of the molecule is O=C1CCN(C(=O)COc2ccc(-c3ccccc3)cc2)c2ccccc21. The summed E-state index contributed by atoms with van der Waals surface area (Å²) >= 11 is 0. The molecule has 134 valence electrons. The van der Waals surface area contributed by atoms with Crippen molar-refractivity contribution in [1.29, 1.82) is 0 Å². The van der Waals surface area contributed by atoms with E-state index in [4.69, 9.17) is 4.74 Å². The lowest BCUT2D eigenvalue weighted by Gasteiger charge is -2.28. The lowest BCUT2D eigenvalue weighted by atomic mass is 10.0. The topological polar surface area (TPSA) is 46.6 Å². The fourth-order valence-corrected chi connectivity index (χ4v) is 3.27. The number of carbonyl (C=O) groups excluding carboxylic acids is 2. The normalized spacial score (nSPS) is 13.2. The number of benzene rings is 3. The van der Waals surface area contributed by atoms with E-state index in [0.29, 0.717) is 30.0 Å². The molecular weight excluding hydrogens is 338 g/mol. The Hall–Kier alpha value is -3.40. The van der Waals surface area contributed by atoms with Crippen LogP contribution in [0, 0.1) is 0 Å². The van der Waals surface area contributed by atoms with Crippen LogP contribution in [0.4, 0.5) is 5.69 Å². The molecule has 0 spiro atoms. The summed E-state index contributed by atoms with van der Waals surface area (Å²) in [7, 11) is 0. The average Bonchev–Trinajstić information content (AvgIpc) is 2.73. The van der Waals surface area contributed by atoms with E-state index in [9.17, 15) is 9.59 Å². The molecule has 1 heterocycles. The van der Waals surface area contributed by atoms with Crippen LogP contribution in [0.25, 0.3) is 11.1 Å². The molecule has 0 aromatic heterocycles. The molecule has 0 radical (unpaired) electrons. The van der Waals surface area contributed by atoms with E-state index in [-0.39, 0.29) is 18.3 Å². The highest BCUT2D eigenvalue weighted by atomic mass is 16.5. The second kappa shape index (κ2) is 7.46. The second-order valence-electron chi connectivity index (χ2n) is 6.41. The van der Waals surface area contributed by atoms with Gasteiger partial charge in [-0.15, -0.1) is 0 Å². The molecule has 1 aliphatic heterocycles. The molecule has 3 aromatic rings. The maximum Gasteiger partial charge on any atom is 0.264 e. The van der Waals surface area contributed by atoms with Gasteiger partial charge in [0.1, 0.15) is 5.75 Å². The van der Waals surface area contributed by atoms with E-state index in [2.05, 4.69) is 12.1 Å². The Balaban J connectivity index is 1.43. The molecule has 4 heteroatoms. The van der Waals surface area contributed by atoms with Crippen molar-refractivity contribution in [3.8, 4) is 16.9 Å². The standard InChI is InChI=1S/C23H19NO3/c25-22-14-15-24(21-9-5-4-8-20(21)22)23(26)16-27-19-12-10-18(11-13-19)17-6-2-1-3-7-17/h1-13H,14-16H2. The zero-order chi connectivity index (χ0) is 18.6. The summed E-state index contributed by atoms with van der Waals surface area (Å²) in [6, 6.07) is 25.0. The van der Waals surface area contributed by atoms with Gasteiger partial charge in [-0.25, -0.2) is 0 Å². The van der Waals surface area contributed by atoms with Crippen molar-refractivity contribution in [2.24, 2.45) is 0 Å². The number of amides is 1. The van der Waals surface area contributed by atoms with Crippen molar-refractivity contribution in [2.45, 2.75) is 6.42 Å². The minimum atomic E-state index is -0.151. The summed E-state index contributed by atoms with van der Waals surface area (Å²) in [6.07, 6.45) is 0.342. The zero-order valence-corrected chi connectivity index (χ0v) is 14.8. The van der Waals surface area contributed by atoms with Gasteiger partial charge in [0.2, 0.25) is 0 Å². The van der Waals surface area contributed by atoms with Gasteiger partial charge in [-0.05, 0) is 35.4 Å². The van der Waals surface area contributed by atoms with Gasteiger partial charge in [0.15, 0.2) is 12.4 Å². The van der Waals surface area contributed by atoms with Crippen LogP contribution in [-0.2, 0) is 4.79 Å². The number of ether oxygens (including phenoxy) is 1. The number of hydrogen-bond donors (Lipinski definition) is 0. The molecule has 4 rings (SSSR count). The summed E-state index contributed by atoms with van der Waals surface area (Å²) in [5, 5.41) is 0. The van der Waals surface area contributed by atoms with E-state index in [1.165, 1.54) is 0 Å². The quantitative estimate of drug-likeness (QED) is 0.697. The second-order valence-corrected chi connectivity index (χ2v) is 6.41. The third-order valence-corrected chi connectivity index (χ3v) is 4.68. The van der Waals surface area contributed by atoms with E-state index >= 15 is 0 Å². The Labute approximate surface area is 158 Å². The fourth-order valence-electron chi connectivity index (χ4n) is 3.27. The first-order valence-corrected chi connectivity index (χ1v) is 8.93. The van der Waals surface area contributed by atoms with Crippen molar-refractivity contribution >= 4 is 17.4 Å². The van der Waals surface area contributed by atoms with Gasteiger partial charge in [0.25, 0.3) is 5.91 Å². The van der Waals surface area contributed by atoms with Crippen LogP contribution in [0.15, 0.2) is 78.9 Å². The Morgan fingerprint density at radius 3 is 2.30 bits per heavy atom. The summed E-state index contributed by atoms with van der Waals surface area (Å²) in [4.78, 5) is 26.3. The maximum atomic E-state index is 12.6. The minimum absolute atomic E-state index is 0.0623. The predicted octanol–water partition coefficient (Wildman–Crippen LogP) is 4.35. The lowest BCUT2D eigenvalue weighted by molar-refractivity contribution is -0.120. The Morgan fingerprint density at radius 1 is 0.852 bits per heavy atom. The Kier molecular flexibility index (Phi) is 4.71. The Bertz CT molecular complexity index is 964. The number of para-hydroxylation sites is 1. The Morgan fingerprint density at radius 2 is 1.52 bits per heavy atom. The summed E-state index contributed by atoms with van der Waals surface area (Å²) in [6.45, 7) is 0.332. The van der Waals surface area contributed by atoms with Crippen molar-refractivity contribution in [2.75, 3.05) is 18.1 Å². The van der Waals surface area contributed by atoms with Crippen LogP contribution in [0.5, 0.6) is 5.75 Å². The molecule has 0 fully saturated rings. The van der Waals surface area contributed by atoms with Gasteiger partial charge in [-0.2, -0.15) is 0 Å². The average molecular weight is 357 g/mol. The number of nitrogens with zero attached hydrogens (tertiary/aromatic N) is 1. The summed E-state index contributed by atoms with van der Waals surface area (Å²) < 4.78 is 5.68. The molecule has 0 aliphatic carbocycles. The van der Waals surface area contributed by atoms with Gasteiger partial charge in [0, 0.05) is 18.5 Å². The van der Waals surface area contributed by atoms with Gasteiger partial charge < -0.3 is 9.64 Å². The lowest BCUT2D eigenvalue weighted by Crippen LogP contribution is -2.40. The molecule has 0 saturated heterocycles. The molecule has 0 atom stereocenters. The number of ketones is 1. The largest absolute Gasteiger partial charge is 0.484 e. The molecule has 0 N–H and O–H groups in total. The van der Waals surface area contributed by atoms with Gasteiger partial charge in [-0.1, -0.05) is 54.6 Å². The molecule has 0 bridgehead atoms. The van der Waals surface area contributed by atoms with E-state index in [0.717, 1.165) is 11.1 Å². The van der Waals surface area contributed by atoms with Gasteiger partial charge >= 0.3 is 0 Å². The van der Waals surface area contributed by atoms with Gasteiger partial charge in [-0.3, -0.25) is 9.59 Å². The van der Waals surface area contributed by atoms with Crippen molar-refractivity contribution < 1.29 is 14.3 Å². The number of anilines is 1. The molecule has 1 aliphatic rings. The number of rotatable bonds is 4. The first kappa shape index (κ1) is 17.0. The highest BCUT2D eigenvalue weighted by Gasteiger charge is 2.26. The maximum absolute atomic E-state index is 12.6. The van der Waals surface area contributed by atoms with E-state index in [1.807, 2.05) is 54.6 Å². The van der Waals surface area contributed by atoms with Crippen molar-refractivity contribution in [1.82, 2.24) is 0 Å². The van der Waals surface area contributed by atoms with Crippen LogP contribution >= 0.6 is 0 Å². The summed E-state index contributed by atoms with van der Waals surface area (Å²) in [5.74, 6) is 0.568. The number of hydrogen-bond acceptors (Lipinski definition) is 3. The third kappa shape index (κ3) is 3.60.